The lowest BCUT2D eigenvalue weighted by atomic mass is 10.1. The Labute approximate surface area is 130 Å². The first-order valence-corrected chi connectivity index (χ1v) is 7.65. The number of fused-ring (bicyclic) bond motifs is 2. The second kappa shape index (κ2) is 4.71. The van der Waals surface area contributed by atoms with Gasteiger partial charge in [0, 0.05) is 16.6 Å². The standard InChI is InChI=1S/C16H14N4OS/c1-8-3-9-5-12(22-14(9)11(4-8)21-2)10-6-18-16-13(10)15(17)19-7-20-16/h3-7H,1-2H3,(H3,17,18,19,20). The lowest BCUT2D eigenvalue weighted by Gasteiger charge is -2.02. The van der Waals surface area contributed by atoms with Crippen molar-refractivity contribution < 1.29 is 4.74 Å². The SMILES string of the molecule is COc1cc(C)cc2cc(-c3c[nH]c4ncnc(N)c34)sc12. The monoisotopic (exact) mass is 310 g/mol. The largest absolute Gasteiger partial charge is 0.495 e. The summed E-state index contributed by atoms with van der Waals surface area (Å²) in [5.74, 6) is 1.39. The maximum Gasteiger partial charge on any atom is 0.143 e. The Hall–Kier alpha value is -2.60. The molecule has 0 radical (unpaired) electrons. The van der Waals surface area contributed by atoms with Gasteiger partial charge in [-0.3, -0.25) is 0 Å². The number of ether oxygens (including phenoxy) is 1. The smallest absolute Gasteiger partial charge is 0.143 e. The van der Waals surface area contributed by atoms with Crippen LogP contribution in [0.1, 0.15) is 5.56 Å². The first-order chi connectivity index (χ1) is 10.7. The fourth-order valence-electron chi connectivity index (χ4n) is 2.73. The van der Waals surface area contributed by atoms with Crippen LogP contribution >= 0.6 is 11.3 Å². The van der Waals surface area contributed by atoms with Gasteiger partial charge in [0.1, 0.15) is 23.5 Å². The Morgan fingerprint density at radius 2 is 2.09 bits per heavy atom. The maximum atomic E-state index is 6.02. The number of nitrogens with one attached hydrogen (secondary N) is 1. The number of hydrogen-bond acceptors (Lipinski definition) is 5. The summed E-state index contributed by atoms with van der Waals surface area (Å²) in [5, 5.41) is 2.03. The number of nitrogen functional groups attached to an aromatic ring is 1. The highest BCUT2D eigenvalue weighted by Crippen LogP contribution is 2.41. The lowest BCUT2D eigenvalue weighted by Crippen LogP contribution is -1.91. The Bertz CT molecular complexity index is 1000. The molecule has 6 heteroatoms. The summed E-state index contributed by atoms with van der Waals surface area (Å²) in [6.07, 6.45) is 3.40. The van der Waals surface area contributed by atoms with Crippen LogP contribution in [-0.4, -0.2) is 22.1 Å². The molecule has 0 saturated heterocycles. The number of aryl methyl sites for hydroxylation is 1. The molecule has 0 atom stereocenters. The average molecular weight is 310 g/mol. The third-order valence-electron chi connectivity index (χ3n) is 3.71. The molecular weight excluding hydrogens is 296 g/mol. The predicted octanol–water partition coefficient (Wildman–Crippen LogP) is 3.74. The topological polar surface area (TPSA) is 76.8 Å². The predicted molar refractivity (Wildman–Crippen MR) is 90.4 cm³/mol. The van der Waals surface area contributed by atoms with Gasteiger partial charge < -0.3 is 15.5 Å². The molecule has 4 aromatic rings. The van der Waals surface area contributed by atoms with E-state index in [0.717, 1.165) is 31.9 Å². The molecule has 0 aliphatic rings. The second-order valence-electron chi connectivity index (χ2n) is 5.18. The van der Waals surface area contributed by atoms with Crippen molar-refractivity contribution in [1.29, 1.82) is 0 Å². The molecule has 3 heterocycles. The number of aromatic amines is 1. The van der Waals surface area contributed by atoms with Gasteiger partial charge in [-0.25, -0.2) is 9.97 Å². The lowest BCUT2D eigenvalue weighted by molar-refractivity contribution is 0.420. The fraction of sp³-hybridized carbons (Fsp3) is 0.125. The molecule has 4 rings (SSSR count). The number of aromatic nitrogens is 3. The third-order valence-corrected chi connectivity index (χ3v) is 4.91. The second-order valence-corrected chi connectivity index (χ2v) is 6.23. The minimum absolute atomic E-state index is 0.488. The molecule has 0 spiro atoms. The fourth-order valence-corrected chi connectivity index (χ4v) is 3.89. The van der Waals surface area contributed by atoms with Gasteiger partial charge in [-0.2, -0.15) is 0 Å². The molecule has 22 heavy (non-hydrogen) atoms. The number of rotatable bonds is 2. The summed E-state index contributed by atoms with van der Waals surface area (Å²) in [6.45, 7) is 2.07. The first-order valence-electron chi connectivity index (χ1n) is 6.83. The van der Waals surface area contributed by atoms with Gasteiger partial charge in [0.2, 0.25) is 0 Å². The van der Waals surface area contributed by atoms with Gasteiger partial charge in [0.25, 0.3) is 0 Å². The normalized spacial score (nSPS) is 11.4. The highest BCUT2D eigenvalue weighted by molar-refractivity contribution is 7.22. The van der Waals surface area contributed by atoms with E-state index in [4.69, 9.17) is 10.5 Å². The van der Waals surface area contributed by atoms with Crippen LogP contribution in [0.25, 0.3) is 31.6 Å². The van der Waals surface area contributed by atoms with E-state index in [-0.39, 0.29) is 0 Å². The molecule has 110 valence electrons. The molecule has 0 fully saturated rings. The van der Waals surface area contributed by atoms with Gasteiger partial charge in [0.05, 0.1) is 17.2 Å². The van der Waals surface area contributed by atoms with Gasteiger partial charge in [-0.15, -0.1) is 11.3 Å². The molecule has 0 saturated carbocycles. The highest BCUT2D eigenvalue weighted by atomic mass is 32.1. The summed E-state index contributed by atoms with van der Waals surface area (Å²) in [7, 11) is 1.70. The third kappa shape index (κ3) is 1.84. The minimum Gasteiger partial charge on any atom is -0.495 e. The minimum atomic E-state index is 0.488. The molecule has 0 unspecified atom stereocenters. The van der Waals surface area contributed by atoms with Gasteiger partial charge >= 0.3 is 0 Å². The van der Waals surface area contributed by atoms with E-state index < -0.39 is 0 Å². The zero-order chi connectivity index (χ0) is 15.3. The molecule has 5 nitrogen and oxygen atoms in total. The molecule has 0 aliphatic carbocycles. The van der Waals surface area contributed by atoms with Crippen LogP contribution in [0.15, 0.2) is 30.7 Å². The van der Waals surface area contributed by atoms with E-state index >= 15 is 0 Å². The van der Waals surface area contributed by atoms with Crippen LogP contribution in [0, 0.1) is 6.92 Å². The van der Waals surface area contributed by atoms with Crippen LogP contribution in [-0.2, 0) is 0 Å². The van der Waals surface area contributed by atoms with E-state index in [9.17, 15) is 0 Å². The number of thiophene rings is 1. The van der Waals surface area contributed by atoms with E-state index in [1.807, 2.05) is 6.20 Å². The summed E-state index contributed by atoms with van der Waals surface area (Å²) >= 11 is 1.68. The molecule has 1 aromatic carbocycles. The number of nitrogens with zero attached hydrogens (tertiary/aromatic N) is 2. The molecule has 0 amide bonds. The van der Waals surface area contributed by atoms with Crippen LogP contribution in [0.4, 0.5) is 5.82 Å². The Balaban J connectivity index is 2.01. The summed E-state index contributed by atoms with van der Waals surface area (Å²) in [6, 6.07) is 6.37. The number of methoxy groups -OCH3 is 1. The number of benzene rings is 1. The van der Waals surface area contributed by atoms with E-state index in [0.29, 0.717) is 5.82 Å². The zero-order valence-corrected chi connectivity index (χ0v) is 13.0. The van der Waals surface area contributed by atoms with Gasteiger partial charge in [0.15, 0.2) is 0 Å². The number of anilines is 1. The van der Waals surface area contributed by atoms with Crippen molar-refractivity contribution in [2.45, 2.75) is 6.92 Å². The summed E-state index contributed by atoms with van der Waals surface area (Å²) < 4.78 is 6.64. The molecular formula is C16H14N4OS. The van der Waals surface area contributed by atoms with E-state index in [1.54, 1.807) is 18.4 Å². The number of hydrogen-bond donors (Lipinski definition) is 2. The number of nitrogens with two attached hydrogens (primary N) is 1. The average Bonchev–Trinajstić information content (AvgIpc) is 3.10. The summed E-state index contributed by atoms with van der Waals surface area (Å²) in [5.41, 5.74) is 8.97. The van der Waals surface area contributed by atoms with Crippen molar-refractivity contribution >= 4 is 38.3 Å². The highest BCUT2D eigenvalue weighted by Gasteiger charge is 2.15. The van der Waals surface area contributed by atoms with Crippen LogP contribution in [0.3, 0.4) is 0 Å². The Morgan fingerprint density at radius 1 is 1.23 bits per heavy atom. The van der Waals surface area contributed by atoms with E-state index in [2.05, 4.69) is 40.1 Å². The van der Waals surface area contributed by atoms with Crippen molar-refractivity contribution in [3.63, 3.8) is 0 Å². The number of H-pyrrole nitrogens is 1. The summed E-state index contributed by atoms with van der Waals surface area (Å²) in [4.78, 5) is 12.6. The van der Waals surface area contributed by atoms with Crippen LogP contribution < -0.4 is 10.5 Å². The van der Waals surface area contributed by atoms with E-state index in [1.165, 1.54) is 17.3 Å². The van der Waals surface area contributed by atoms with Gasteiger partial charge in [-0.05, 0) is 30.0 Å². The Morgan fingerprint density at radius 3 is 2.91 bits per heavy atom. The molecule has 0 bridgehead atoms. The van der Waals surface area contributed by atoms with Crippen LogP contribution in [0.5, 0.6) is 5.75 Å². The van der Waals surface area contributed by atoms with Crippen molar-refractivity contribution in [1.82, 2.24) is 15.0 Å². The van der Waals surface area contributed by atoms with Crippen LogP contribution in [0.2, 0.25) is 0 Å². The molecule has 3 aromatic heterocycles. The van der Waals surface area contributed by atoms with Crippen molar-refractivity contribution in [3.05, 3.63) is 36.3 Å². The first kappa shape index (κ1) is 13.1. The van der Waals surface area contributed by atoms with Gasteiger partial charge in [-0.1, -0.05) is 6.07 Å². The zero-order valence-electron chi connectivity index (χ0n) is 12.2. The Kier molecular flexibility index (Phi) is 2.80. The molecule has 3 N–H and O–H groups in total. The van der Waals surface area contributed by atoms with Crippen molar-refractivity contribution in [3.8, 4) is 16.2 Å². The molecule has 0 aliphatic heterocycles. The quantitative estimate of drug-likeness (QED) is 0.591. The van der Waals surface area contributed by atoms with Crippen molar-refractivity contribution in [2.24, 2.45) is 0 Å². The maximum absolute atomic E-state index is 6.02. The van der Waals surface area contributed by atoms with Crippen molar-refractivity contribution in [2.75, 3.05) is 12.8 Å².